The van der Waals surface area contributed by atoms with Gasteiger partial charge in [0.25, 0.3) is 0 Å². The van der Waals surface area contributed by atoms with Crippen molar-refractivity contribution in [1.82, 2.24) is 14.4 Å². The second-order valence-corrected chi connectivity index (χ2v) is 3.95. The van der Waals surface area contributed by atoms with Crippen LogP contribution in [0.15, 0.2) is 42.9 Å². The highest BCUT2D eigenvalue weighted by atomic mass is 19.1. The van der Waals surface area contributed by atoms with Crippen LogP contribution in [0.5, 0.6) is 0 Å². The minimum absolute atomic E-state index is 0.134. The zero-order chi connectivity index (χ0) is 13.4. The smallest absolute Gasteiger partial charge is 0.358 e. The van der Waals surface area contributed by atoms with Crippen LogP contribution in [0.1, 0.15) is 10.5 Å². The third-order valence-corrected chi connectivity index (χ3v) is 2.70. The molecular weight excluding hydrogens is 249 g/mol. The monoisotopic (exact) mass is 257 g/mol. The Labute approximate surface area is 107 Å². The maximum absolute atomic E-state index is 13.2. The summed E-state index contributed by atoms with van der Waals surface area (Å²) in [4.78, 5) is 19.0. The fourth-order valence-corrected chi connectivity index (χ4v) is 1.86. The third kappa shape index (κ3) is 1.93. The largest absolute Gasteiger partial charge is 0.476 e. The number of aromatic nitrogens is 3. The Morgan fingerprint density at radius 2 is 2.21 bits per heavy atom. The first-order valence-corrected chi connectivity index (χ1v) is 5.48. The van der Waals surface area contributed by atoms with Gasteiger partial charge < -0.3 is 9.51 Å². The Bertz CT molecular complexity index is 782. The Balaban J connectivity index is 2.22. The van der Waals surface area contributed by atoms with Gasteiger partial charge in [0.15, 0.2) is 11.3 Å². The average molecular weight is 257 g/mol. The molecule has 0 atom stereocenters. The number of nitrogens with zero attached hydrogens (tertiary/aromatic N) is 3. The lowest BCUT2D eigenvalue weighted by Crippen LogP contribution is -2.03. The van der Waals surface area contributed by atoms with Crippen LogP contribution in [0, 0.1) is 5.82 Å². The van der Waals surface area contributed by atoms with Gasteiger partial charge in [-0.25, -0.2) is 19.2 Å². The fourth-order valence-electron chi connectivity index (χ4n) is 1.86. The van der Waals surface area contributed by atoms with Gasteiger partial charge in [-0.15, -0.1) is 0 Å². The van der Waals surface area contributed by atoms with Crippen LogP contribution in [0.25, 0.3) is 16.9 Å². The molecule has 1 aromatic carbocycles. The molecule has 19 heavy (non-hydrogen) atoms. The second kappa shape index (κ2) is 4.16. The zero-order valence-electron chi connectivity index (χ0n) is 9.62. The van der Waals surface area contributed by atoms with E-state index in [9.17, 15) is 9.18 Å². The summed E-state index contributed by atoms with van der Waals surface area (Å²) in [6, 6.07) is 5.96. The summed E-state index contributed by atoms with van der Waals surface area (Å²) in [7, 11) is 0. The molecule has 6 heteroatoms. The molecule has 3 aromatic rings. The first-order chi connectivity index (χ1) is 9.15. The van der Waals surface area contributed by atoms with Crippen molar-refractivity contribution in [2.45, 2.75) is 0 Å². The summed E-state index contributed by atoms with van der Waals surface area (Å²) < 4.78 is 14.7. The van der Waals surface area contributed by atoms with Crippen LogP contribution in [-0.4, -0.2) is 25.4 Å². The van der Waals surface area contributed by atoms with E-state index < -0.39 is 5.97 Å². The van der Waals surface area contributed by atoms with E-state index in [2.05, 4.69) is 9.97 Å². The van der Waals surface area contributed by atoms with Gasteiger partial charge in [-0.2, -0.15) is 0 Å². The van der Waals surface area contributed by atoms with Crippen molar-refractivity contribution < 1.29 is 14.3 Å². The Morgan fingerprint density at radius 1 is 1.37 bits per heavy atom. The molecule has 0 saturated heterocycles. The van der Waals surface area contributed by atoms with Gasteiger partial charge >= 0.3 is 5.97 Å². The maximum Gasteiger partial charge on any atom is 0.358 e. The topological polar surface area (TPSA) is 67.5 Å². The molecule has 0 unspecified atom stereocenters. The lowest BCUT2D eigenvalue weighted by Gasteiger charge is -1.95. The summed E-state index contributed by atoms with van der Waals surface area (Å²) in [5.41, 5.74) is 1.18. The summed E-state index contributed by atoms with van der Waals surface area (Å²) in [5.74, 6) is -1.52. The normalized spacial score (nSPS) is 10.8. The quantitative estimate of drug-likeness (QED) is 0.764. The fraction of sp³-hybridized carbons (Fsp3) is 0. The van der Waals surface area contributed by atoms with Crippen molar-refractivity contribution in [3.05, 3.63) is 54.4 Å². The third-order valence-electron chi connectivity index (χ3n) is 2.70. The van der Waals surface area contributed by atoms with Gasteiger partial charge in [0.1, 0.15) is 5.82 Å². The molecule has 0 aliphatic carbocycles. The molecule has 0 saturated carbocycles. The molecule has 3 rings (SSSR count). The molecule has 0 radical (unpaired) electrons. The molecule has 0 bridgehead atoms. The number of aromatic carboxylic acids is 1. The van der Waals surface area contributed by atoms with Crippen LogP contribution in [0.4, 0.5) is 4.39 Å². The van der Waals surface area contributed by atoms with E-state index >= 15 is 0 Å². The number of carboxylic acid groups (broad SMARTS) is 1. The van der Waals surface area contributed by atoms with Crippen LogP contribution in [0.3, 0.4) is 0 Å². The summed E-state index contributed by atoms with van der Waals surface area (Å²) in [6.07, 6.45) is 4.61. The van der Waals surface area contributed by atoms with Crippen molar-refractivity contribution in [3.8, 4) is 11.3 Å². The minimum atomic E-state index is -1.15. The number of fused-ring (bicyclic) bond motifs is 1. The highest BCUT2D eigenvalue weighted by Crippen LogP contribution is 2.20. The predicted molar refractivity (Wildman–Crippen MR) is 65.3 cm³/mol. The Hall–Kier alpha value is -2.76. The van der Waals surface area contributed by atoms with E-state index in [4.69, 9.17) is 5.11 Å². The van der Waals surface area contributed by atoms with Gasteiger partial charge in [-0.3, -0.25) is 0 Å². The second-order valence-electron chi connectivity index (χ2n) is 3.95. The number of hydrogen-bond donors (Lipinski definition) is 1. The summed E-state index contributed by atoms with van der Waals surface area (Å²) in [5, 5.41) is 9.03. The van der Waals surface area contributed by atoms with Crippen LogP contribution in [-0.2, 0) is 0 Å². The number of carboxylic acids is 1. The van der Waals surface area contributed by atoms with Crippen LogP contribution < -0.4 is 0 Å². The summed E-state index contributed by atoms with van der Waals surface area (Å²) in [6.45, 7) is 0. The van der Waals surface area contributed by atoms with Crippen molar-refractivity contribution in [2.75, 3.05) is 0 Å². The van der Waals surface area contributed by atoms with E-state index in [1.54, 1.807) is 28.9 Å². The van der Waals surface area contributed by atoms with Crippen molar-refractivity contribution in [2.24, 2.45) is 0 Å². The number of rotatable bonds is 2. The summed E-state index contributed by atoms with van der Waals surface area (Å²) >= 11 is 0. The van der Waals surface area contributed by atoms with E-state index in [0.29, 0.717) is 11.3 Å². The zero-order valence-corrected chi connectivity index (χ0v) is 9.62. The van der Waals surface area contributed by atoms with E-state index in [1.807, 2.05) is 0 Å². The van der Waals surface area contributed by atoms with Gasteiger partial charge in [0.05, 0.1) is 5.69 Å². The van der Waals surface area contributed by atoms with Gasteiger partial charge in [-0.05, 0) is 12.1 Å². The standard InChI is InChI=1S/C13H8FN3O2/c14-9-3-1-2-8(6-9)10-7-17-5-4-15-11(13(18)19)12(17)16-10/h1-7H,(H,18,19). The molecule has 0 fully saturated rings. The molecule has 0 amide bonds. The van der Waals surface area contributed by atoms with E-state index in [0.717, 1.165) is 0 Å². The Morgan fingerprint density at radius 3 is 2.95 bits per heavy atom. The van der Waals surface area contributed by atoms with E-state index in [-0.39, 0.29) is 17.2 Å². The first-order valence-electron chi connectivity index (χ1n) is 5.48. The van der Waals surface area contributed by atoms with Gasteiger partial charge in [0.2, 0.25) is 0 Å². The van der Waals surface area contributed by atoms with Gasteiger partial charge in [-0.1, -0.05) is 12.1 Å². The van der Waals surface area contributed by atoms with Gasteiger partial charge in [0, 0.05) is 24.2 Å². The maximum atomic E-state index is 13.2. The van der Waals surface area contributed by atoms with E-state index in [1.165, 1.54) is 18.3 Å². The molecule has 0 aliphatic heterocycles. The predicted octanol–water partition coefficient (Wildman–Crippen LogP) is 2.23. The van der Waals surface area contributed by atoms with Crippen molar-refractivity contribution in [1.29, 1.82) is 0 Å². The number of carbonyl (C=O) groups is 1. The number of imidazole rings is 1. The number of hydrogen-bond acceptors (Lipinski definition) is 3. The molecule has 0 spiro atoms. The highest BCUT2D eigenvalue weighted by molar-refractivity contribution is 5.92. The molecule has 2 heterocycles. The Kier molecular flexibility index (Phi) is 2.49. The average Bonchev–Trinajstić information content (AvgIpc) is 2.82. The minimum Gasteiger partial charge on any atom is -0.476 e. The lowest BCUT2D eigenvalue weighted by atomic mass is 10.2. The van der Waals surface area contributed by atoms with Crippen molar-refractivity contribution >= 4 is 11.6 Å². The lowest BCUT2D eigenvalue weighted by molar-refractivity contribution is 0.0692. The molecule has 1 N–H and O–H groups in total. The number of benzene rings is 1. The molecule has 94 valence electrons. The first kappa shape index (κ1) is 11.3. The molecule has 0 aliphatic rings. The van der Waals surface area contributed by atoms with Crippen LogP contribution in [0.2, 0.25) is 0 Å². The van der Waals surface area contributed by atoms with Crippen LogP contribution >= 0.6 is 0 Å². The molecule has 5 nitrogen and oxygen atoms in total. The molecule has 2 aromatic heterocycles. The van der Waals surface area contributed by atoms with Crippen molar-refractivity contribution in [3.63, 3.8) is 0 Å². The number of halogens is 1. The highest BCUT2D eigenvalue weighted by Gasteiger charge is 2.14. The SMILES string of the molecule is O=C(O)c1nccn2cc(-c3cccc(F)c3)nc12. The molecular formula is C13H8FN3O2.